The fraction of sp³-hybridized carbons (Fsp3) is 0.421. The number of likely N-dealkylation sites (tertiary alicyclic amines) is 1. The minimum atomic E-state index is 0.0224. The molecule has 0 spiro atoms. The molecular weight excluding hydrogens is 318 g/mol. The molecule has 0 bridgehead atoms. The van der Waals surface area contributed by atoms with E-state index in [0.29, 0.717) is 31.8 Å². The van der Waals surface area contributed by atoms with Gasteiger partial charge in [-0.25, -0.2) is 4.98 Å². The van der Waals surface area contributed by atoms with Gasteiger partial charge in [0.05, 0.1) is 6.20 Å². The molecule has 1 aromatic carbocycles. The molecule has 2 aromatic rings. The van der Waals surface area contributed by atoms with Gasteiger partial charge in [0, 0.05) is 44.5 Å². The van der Waals surface area contributed by atoms with Crippen molar-refractivity contribution < 1.29 is 14.0 Å². The number of aryl methyl sites for hydroxylation is 1. The van der Waals surface area contributed by atoms with Gasteiger partial charge in [-0.15, -0.1) is 0 Å². The van der Waals surface area contributed by atoms with Crippen LogP contribution in [0.5, 0.6) is 0 Å². The lowest BCUT2D eigenvalue weighted by atomic mass is 9.96. The highest BCUT2D eigenvalue weighted by atomic mass is 16.4. The monoisotopic (exact) mass is 341 g/mol. The van der Waals surface area contributed by atoms with Crippen LogP contribution in [0.2, 0.25) is 0 Å². The first kappa shape index (κ1) is 17.2. The molecule has 1 saturated heterocycles. The summed E-state index contributed by atoms with van der Waals surface area (Å²) in [5, 5.41) is 2.68. The van der Waals surface area contributed by atoms with Gasteiger partial charge in [-0.2, -0.15) is 0 Å². The van der Waals surface area contributed by atoms with Crippen LogP contribution in [0.15, 0.2) is 40.9 Å². The topological polar surface area (TPSA) is 75.4 Å². The minimum Gasteiger partial charge on any atom is -0.441 e. The smallest absolute Gasteiger partial charge is 0.223 e. The molecule has 0 aliphatic carbocycles. The molecule has 1 N–H and O–H groups in total. The number of hydrogen-bond donors (Lipinski definition) is 1. The number of carbonyl (C=O) groups excluding carboxylic acids is 2. The Labute approximate surface area is 147 Å². The standard InChI is InChI=1S/C19H23N3O3/c1-20-19(24)15-9-11-22(12-10-15)18(23)8-7-17-21-13-16(25-17)14-5-3-2-4-6-14/h2-6,13,15H,7-12H2,1H3,(H,20,24). The summed E-state index contributed by atoms with van der Waals surface area (Å²) in [5.74, 6) is 1.48. The fourth-order valence-electron chi connectivity index (χ4n) is 3.13. The van der Waals surface area contributed by atoms with Crippen LogP contribution in [0.3, 0.4) is 0 Å². The molecule has 2 heterocycles. The average Bonchev–Trinajstić information content (AvgIpc) is 3.15. The second-order valence-corrected chi connectivity index (χ2v) is 6.25. The van der Waals surface area contributed by atoms with E-state index in [2.05, 4.69) is 10.3 Å². The van der Waals surface area contributed by atoms with Crippen molar-refractivity contribution in [1.29, 1.82) is 0 Å². The van der Waals surface area contributed by atoms with Crippen LogP contribution < -0.4 is 5.32 Å². The maximum absolute atomic E-state index is 12.4. The van der Waals surface area contributed by atoms with E-state index in [1.54, 1.807) is 13.2 Å². The molecule has 0 saturated carbocycles. The molecule has 1 aliphatic rings. The Kier molecular flexibility index (Phi) is 5.48. The van der Waals surface area contributed by atoms with Crippen LogP contribution in [-0.4, -0.2) is 41.8 Å². The van der Waals surface area contributed by atoms with Gasteiger partial charge in [-0.3, -0.25) is 9.59 Å². The Hall–Kier alpha value is -2.63. The Morgan fingerprint density at radius 3 is 2.64 bits per heavy atom. The third-order valence-electron chi connectivity index (χ3n) is 4.63. The second kappa shape index (κ2) is 7.96. The van der Waals surface area contributed by atoms with Crippen molar-refractivity contribution >= 4 is 11.8 Å². The maximum Gasteiger partial charge on any atom is 0.223 e. The van der Waals surface area contributed by atoms with Crippen LogP contribution in [0.4, 0.5) is 0 Å². The summed E-state index contributed by atoms with van der Waals surface area (Å²) in [5.41, 5.74) is 0.976. The number of aromatic nitrogens is 1. The van der Waals surface area contributed by atoms with Gasteiger partial charge in [0.2, 0.25) is 11.8 Å². The van der Waals surface area contributed by atoms with Crippen LogP contribution in [-0.2, 0) is 16.0 Å². The van der Waals surface area contributed by atoms with E-state index in [4.69, 9.17) is 4.42 Å². The largest absolute Gasteiger partial charge is 0.441 e. The highest BCUT2D eigenvalue weighted by Crippen LogP contribution is 2.21. The van der Waals surface area contributed by atoms with E-state index < -0.39 is 0 Å². The number of carbonyl (C=O) groups is 2. The number of rotatable bonds is 5. The number of nitrogens with one attached hydrogen (secondary N) is 1. The molecule has 1 fully saturated rings. The zero-order valence-corrected chi connectivity index (χ0v) is 14.4. The van der Waals surface area contributed by atoms with Crippen LogP contribution >= 0.6 is 0 Å². The van der Waals surface area contributed by atoms with Gasteiger partial charge in [0.1, 0.15) is 0 Å². The van der Waals surface area contributed by atoms with E-state index >= 15 is 0 Å². The molecule has 0 radical (unpaired) electrons. The van der Waals surface area contributed by atoms with Crippen LogP contribution in [0.25, 0.3) is 11.3 Å². The van der Waals surface area contributed by atoms with Crippen molar-refractivity contribution in [2.75, 3.05) is 20.1 Å². The first-order valence-corrected chi connectivity index (χ1v) is 8.67. The minimum absolute atomic E-state index is 0.0224. The van der Waals surface area contributed by atoms with Gasteiger partial charge in [-0.1, -0.05) is 30.3 Å². The highest BCUT2D eigenvalue weighted by Gasteiger charge is 2.26. The summed E-state index contributed by atoms with van der Waals surface area (Å²) in [4.78, 5) is 30.1. The normalized spacial score (nSPS) is 15.2. The number of oxazole rings is 1. The Balaban J connectivity index is 1.49. The van der Waals surface area contributed by atoms with Crippen LogP contribution in [0.1, 0.15) is 25.2 Å². The van der Waals surface area contributed by atoms with E-state index in [0.717, 1.165) is 24.2 Å². The van der Waals surface area contributed by atoms with Crippen molar-refractivity contribution in [1.82, 2.24) is 15.2 Å². The number of amides is 2. The summed E-state index contributed by atoms with van der Waals surface area (Å²) in [7, 11) is 1.65. The van der Waals surface area contributed by atoms with Gasteiger partial charge in [0.25, 0.3) is 0 Å². The lowest BCUT2D eigenvalue weighted by molar-refractivity contribution is -0.135. The molecule has 3 rings (SSSR count). The number of hydrogen-bond acceptors (Lipinski definition) is 4. The Morgan fingerprint density at radius 2 is 1.96 bits per heavy atom. The predicted molar refractivity (Wildman–Crippen MR) is 93.6 cm³/mol. The summed E-state index contributed by atoms with van der Waals surface area (Å²) in [6.07, 6.45) is 4.01. The van der Waals surface area contributed by atoms with Crippen molar-refractivity contribution in [3.8, 4) is 11.3 Å². The number of benzene rings is 1. The van der Waals surface area contributed by atoms with E-state index in [1.807, 2.05) is 35.2 Å². The molecular formula is C19H23N3O3. The molecule has 2 amide bonds. The number of nitrogens with zero attached hydrogens (tertiary/aromatic N) is 2. The highest BCUT2D eigenvalue weighted by molar-refractivity contribution is 5.79. The summed E-state index contributed by atoms with van der Waals surface area (Å²) in [6, 6.07) is 9.78. The zero-order chi connectivity index (χ0) is 17.6. The molecule has 1 aliphatic heterocycles. The number of piperidine rings is 1. The van der Waals surface area contributed by atoms with Crippen molar-refractivity contribution in [3.05, 3.63) is 42.4 Å². The molecule has 1 aromatic heterocycles. The third-order valence-corrected chi connectivity index (χ3v) is 4.63. The molecule has 132 valence electrons. The van der Waals surface area contributed by atoms with Gasteiger partial charge >= 0.3 is 0 Å². The Bertz CT molecular complexity index is 719. The molecule has 6 heteroatoms. The molecule has 0 atom stereocenters. The van der Waals surface area contributed by atoms with Crippen molar-refractivity contribution in [2.45, 2.75) is 25.7 Å². The summed E-state index contributed by atoms with van der Waals surface area (Å²) < 4.78 is 5.74. The lowest BCUT2D eigenvalue weighted by Crippen LogP contribution is -2.42. The van der Waals surface area contributed by atoms with Gasteiger partial charge in [-0.05, 0) is 12.8 Å². The predicted octanol–water partition coefficient (Wildman–Crippen LogP) is 2.26. The van der Waals surface area contributed by atoms with Gasteiger partial charge < -0.3 is 14.6 Å². The van der Waals surface area contributed by atoms with E-state index in [-0.39, 0.29) is 17.7 Å². The fourth-order valence-corrected chi connectivity index (χ4v) is 3.13. The lowest BCUT2D eigenvalue weighted by Gasteiger charge is -2.31. The van der Waals surface area contributed by atoms with E-state index in [9.17, 15) is 9.59 Å². The Morgan fingerprint density at radius 1 is 1.24 bits per heavy atom. The van der Waals surface area contributed by atoms with E-state index in [1.165, 1.54) is 0 Å². The second-order valence-electron chi connectivity index (χ2n) is 6.25. The average molecular weight is 341 g/mol. The third kappa shape index (κ3) is 4.26. The summed E-state index contributed by atoms with van der Waals surface area (Å²) >= 11 is 0. The summed E-state index contributed by atoms with van der Waals surface area (Å²) in [6.45, 7) is 1.27. The quantitative estimate of drug-likeness (QED) is 0.905. The first-order chi connectivity index (χ1) is 12.2. The van der Waals surface area contributed by atoms with Crippen molar-refractivity contribution in [2.24, 2.45) is 5.92 Å². The zero-order valence-electron chi connectivity index (χ0n) is 14.4. The molecule has 25 heavy (non-hydrogen) atoms. The SMILES string of the molecule is CNC(=O)C1CCN(C(=O)CCc2ncc(-c3ccccc3)o2)CC1. The van der Waals surface area contributed by atoms with Crippen molar-refractivity contribution in [3.63, 3.8) is 0 Å². The van der Waals surface area contributed by atoms with Gasteiger partial charge in [0.15, 0.2) is 11.7 Å². The molecule has 6 nitrogen and oxygen atoms in total. The molecule has 0 unspecified atom stereocenters. The first-order valence-electron chi connectivity index (χ1n) is 8.67. The van der Waals surface area contributed by atoms with Crippen LogP contribution in [0, 0.1) is 5.92 Å². The maximum atomic E-state index is 12.4.